The van der Waals surface area contributed by atoms with Gasteiger partial charge in [0.15, 0.2) is 0 Å². The van der Waals surface area contributed by atoms with Crippen LogP contribution in [0.1, 0.15) is 33.6 Å². The van der Waals surface area contributed by atoms with Crippen LogP contribution in [0.5, 0.6) is 0 Å². The number of imide groups is 2. The molecule has 3 heterocycles. The van der Waals surface area contributed by atoms with Crippen LogP contribution in [0.4, 0.5) is 5.69 Å². The second kappa shape index (κ2) is 17.5. The highest BCUT2D eigenvalue weighted by Gasteiger charge is 2.47. The Morgan fingerprint density at radius 2 is 1.48 bits per heavy atom. The predicted octanol–water partition coefficient (Wildman–Crippen LogP) is 0.235. The lowest BCUT2D eigenvalue weighted by Gasteiger charge is -2.32. The number of anilines is 1. The van der Waals surface area contributed by atoms with Crippen LogP contribution < -0.4 is 10.6 Å². The summed E-state index contributed by atoms with van der Waals surface area (Å²) in [5.74, 6) is -1.92. The molecule has 13 nitrogen and oxygen atoms in total. The number of likely N-dealkylation sites (N-methyl/N-ethyl adjacent to an activating group) is 1. The zero-order valence-electron chi connectivity index (χ0n) is 24.1. The Labute approximate surface area is 252 Å². The molecule has 2 saturated heterocycles. The summed E-state index contributed by atoms with van der Waals surface area (Å²) in [6.07, 6.45) is 0.232. The number of ether oxygens (including phenoxy) is 4. The molecule has 0 saturated carbocycles. The molecule has 4 amide bonds. The first kappa shape index (κ1) is 33.8. The molecular formula is C28H42ClN5O8. The SMILES string of the molecule is CN1C(=O)CCC(N2C(=O)c3cccc(NCCOCCOCCOCCOCCN4CCNCC4)c3C2=O)C1=O.Cl. The smallest absolute Gasteiger partial charge is 0.264 e. The maximum atomic E-state index is 13.2. The van der Waals surface area contributed by atoms with Gasteiger partial charge in [0.2, 0.25) is 5.91 Å². The van der Waals surface area contributed by atoms with Gasteiger partial charge in [0.25, 0.3) is 17.7 Å². The Kier molecular flexibility index (Phi) is 14.1. The van der Waals surface area contributed by atoms with Crippen LogP contribution in [0.15, 0.2) is 18.2 Å². The summed E-state index contributed by atoms with van der Waals surface area (Å²) in [6, 6.07) is 3.99. The molecule has 3 aliphatic rings. The summed E-state index contributed by atoms with van der Waals surface area (Å²) in [4.78, 5) is 55.0. The van der Waals surface area contributed by atoms with E-state index in [-0.39, 0.29) is 42.3 Å². The number of carbonyl (C=O) groups excluding carboxylic acids is 4. The van der Waals surface area contributed by atoms with E-state index in [9.17, 15) is 19.2 Å². The van der Waals surface area contributed by atoms with E-state index in [0.29, 0.717) is 65.1 Å². The fourth-order valence-corrected chi connectivity index (χ4v) is 5.02. The quantitative estimate of drug-likeness (QED) is 0.185. The van der Waals surface area contributed by atoms with Gasteiger partial charge in [0.1, 0.15) is 6.04 Å². The topological polar surface area (TPSA) is 139 Å². The lowest BCUT2D eigenvalue weighted by Crippen LogP contribution is -2.54. The number of carbonyl (C=O) groups is 4. The molecule has 2 N–H and O–H groups in total. The molecule has 0 aromatic heterocycles. The third-order valence-corrected chi connectivity index (χ3v) is 7.32. The van der Waals surface area contributed by atoms with Gasteiger partial charge in [-0.3, -0.25) is 33.9 Å². The Hall–Kier alpha value is -2.65. The number of amides is 4. The van der Waals surface area contributed by atoms with Gasteiger partial charge in [-0.05, 0) is 18.6 Å². The first-order valence-electron chi connectivity index (χ1n) is 14.3. The summed E-state index contributed by atoms with van der Waals surface area (Å²) in [5.41, 5.74) is 0.977. The average molecular weight is 612 g/mol. The minimum atomic E-state index is -0.979. The van der Waals surface area contributed by atoms with E-state index in [1.165, 1.54) is 7.05 Å². The molecule has 14 heteroatoms. The highest BCUT2D eigenvalue weighted by Crippen LogP contribution is 2.33. The fourth-order valence-electron chi connectivity index (χ4n) is 5.02. The predicted molar refractivity (Wildman–Crippen MR) is 156 cm³/mol. The normalized spacial score (nSPS) is 19.3. The van der Waals surface area contributed by atoms with Crippen LogP contribution in [0.2, 0.25) is 0 Å². The maximum Gasteiger partial charge on any atom is 0.264 e. The van der Waals surface area contributed by atoms with E-state index < -0.39 is 23.8 Å². The van der Waals surface area contributed by atoms with Gasteiger partial charge >= 0.3 is 0 Å². The molecule has 4 rings (SSSR count). The van der Waals surface area contributed by atoms with Gasteiger partial charge < -0.3 is 29.6 Å². The molecule has 1 aromatic carbocycles. The molecule has 0 bridgehead atoms. The number of halogens is 1. The Bertz CT molecular complexity index is 1070. The first-order valence-corrected chi connectivity index (χ1v) is 14.3. The lowest BCUT2D eigenvalue weighted by molar-refractivity contribution is -0.149. The van der Waals surface area contributed by atoms with Crippen LogP contribution in [0.25, 0.3) is 0 Å². The van der Waals surface area contributed by atoms with Gasteiger partial charge in [-0.2, -0.15) is 0 Å². The van der Waals surface area contributed by atoms with Crippen molar-refractivity contribution in [2.45, 2.75) is 18.9 Å². The second-order valence-electron chi connectivity index (χ2n) is 10.0. The Morgan fingerprint density at radius 1 is 0.857 bits per heavy atom. The summed E-state index contributed by atoms with van der Waals surface area (Å²) < 4.78 is 22.2. The number of nitrogens with one attached hydrogen (secondary N) is 2. The van der Waals surface area contributed by atoms with E-state index in [0.717, 1.165) is 42.5 Å². The van der Waals surface area contributed by atoms with Gasteiger partial charge in [-0.15, -0.1) is 12.4 Å². The monoisotopic (exact) mass is 611 g/mol. The van der Waals surface area contributed by atoms with E-state index in [1.807, 2.05) is 0 Å². The number of fused-ring (bicyclic) bond motifs is 1. The van der Waals surface area contributed by atoms with Crippen LogP contribution in [-0.2, 0) is 28.5 Å². The zero-order chi connectivity index (χ0) is 29.0. The third-order valence-electron chi connectivity index (χ3n) is 7.32. The summed E-state index contributed by atoms with van der Waals surface area (Å²) in [5, 5.41) is 6.49. The molecule has 0 spiro atoms. The highest BCUT2D eigenvalue weighted by molar-refractivity contribution is 6.25. The maximum absolute atomic E-state index is 13.2. The molecule has 0 radical (unpaired) electrons. The minimum Gasteiger partial charge on any atom is -0.382 e. The Morgan fingerprint density at radius 3 is 2.14 bits per heavy atom. The number of hydrogen-bond donors (Lipinski definition) is 2. The van der Waals surface area contributed by atoms with Crippen LogP contribution in [-0.4, -0.2) is 144 Å². The van der Waals surface area contributed by atoms with Gasteiger partial charge in [-0.25, -0.2) is 0 Å². The van der Waals surface area contributed by atoms with Gasteiger partial charge in [0.05, 0.1) is 64.0 Å². The van der Waals surface area contributed by atoms with Crippen molar-refractivity contribution >= 4 is 41.7 Å². The number of likely N-dealkylation sites (tertiary alicyclic amines) is 1. The van der Waals surface area contributed by atoms with E-state index in [4.69, 9.17) is 18.9 Å². The molecular weight excluding hydrogens is 570 g/mol. The molecule has 1 unspecified atom stereocenters. The molecule has 3 aliphatic heterocycles. The first-order chi connectivity index (χ1) is 20.0. The van der Waals surface area contributed by atoms with Crippen molar-refractivity contribution < 1.29 is 38.1 Å². The molecule has 0 aliphatic carbocycles. The number of benzene rings is 1. The van der Waals surface area contributed by atoms with Crippen molar-refractivity contribution in [1.82, 2.24) is 20.0 Å². The second-order valence-corrected chi connectivity index (χ2v) is 10.0. The lowest BCUT2D eigenvalue weighted by atomic mass is 10.0. The number of rotatable bonds is 17. The zero-order valence-corrected chi connectivity index (χ0v) is 25.0. The number of piperidine rings is 1. The Balaban J connectivity index is 0.00000484. The van der Waals surface area contributed by atoms with E-state index in [2.05, 4.69) is 15.5 Å². The molecule has 1 atom stereocenters. The average Bonchev–Trinajstić information content (AvgIpc) is 3.24. The number of piperazine rings is 1. The van der Waals surface area contributed by atoms with Gasteiger partial charge in [-0.1, -0.05) is 6.07 Å². The summed E-state index contributed by atoms with van der Waals surface area (Å²) in [7, 11) is 1.37. The summed E-state index contributed by atoms with van der Waals surface area (Å²) in [6.45, 7) is 9.59. The number of nitrogens with zero attached hydrogens (tertiary/aromatic N) is 3. The van der Waals surface area contributed by atoms with Crippen LogP contribution >= 0.6 is 12.4 Å². The van der Waals surface area contributed by atoms with Crippen molar-refractivity contribution in [1.29, 1.82) is 0 Å². The highest BCUT2D eigenvalue weighted by atomic mass is 35.5. The summed E-state index contributed by atoms with van der Waals surface area (Å²) >= 11 is 0. The standard InChI is InChI=1S/C28H41N5O8.ClH/c1-31-24(34)6-5-23(27(31)36)33-26(35)21-3-2-4-22(25(21)28(33)37)30-9-13-38-15-17-40-19-20-41-18-16-39-14-12-32-10-7-29-8-11-32;/h2-4,23,29-30H,5-20H2,1H3;1H. The molecule has 42 heavy (non-hydrogen) atoms. The fraction of sp³-hybridized carbons (Fsp3) is 0.643. The van der Waals surface area contributed by atoms with Gasteiger partial charge in [0, 0.05) is 58.4 Å². The molecule has 2 fully saturated rings. The van der Waals surface area contributed by atoms with E-state index >= 15 is 0 Å². The third kappa shape index (κ3) is 8.93. The number of hydrogen-bond acceptors (Lipinski definition) is 11. The van der Waals surface area contributed by atoms with Crippen LogP contribution in [0.3, 0.4) is 0 Å². The minimum absolute atomic E-state index is 0. The molecule has 234 valence electrons. The van der Waals surface area contributed by atoms with Crippen molar-refractivity contribution in [2.24, 2.45) is 0 Å². The van der Waals surface area contributed by atoms with Crippen LogP contribution in [0, 0.1) is 0 Å². The van der Waals surface area contributed by atoms with Crippen molar-refractivity contribution in [2.75, 3.05) is 104 Å². The van der Waals surface area contributed by atoms with Crippen molar-refractivity contribution in [3.05, 3.63) is 29.3 Å². The molecule has 1 aromatic rings. The van der Waals surface area contributed by atoms with Crippen molar-refractivity contribution in [3.8, 4) is 0 Å². The largest absolute Gasteiger partial charge is 0.382 e. The van der Waals surface area contributed by atoms with Crippen molar-refractivity contribution in [3.63, 3.8) is 0 Å². The van der Waals surface area contributed by atoms with E-state index in [1.54, 1.807) is 18.2 Å².